The molecule has 1 amide bonds. The molecule has 0 aliphatic heterocycles. The number of nitrogens with one attached hydrogen (secondary N) is 1. The molecular weight excluding hydrogens is 232 g/mol. The number of amides is 1. The van der Waals surface area contributed by atoms with Crippen molar-refractivity contribution in [3.63, 3.8) is 0 Å². The van der Waals surface area contributed by atoms with Crippen LogP contribution >= 0.6 is 0 Å². The maximum atomic E-state index is 11.2. The zero-order chi connectivity index (χ0) is 13.8. The van der Waals surface area contributed by atoms with Crippen molar-refractivity contribution in [3.05, 3.63) is 23.8 Å². The van der Waals surface area contributed by atoms with E-state index >= 15 is 0 Å². The van der Waals surface area contributed by atoms with Gasteiger partial charge in [0.15, 0.2) is 0 Å². The number of ether oxygens (including phenoxy) is 2. The van der Waals surface area contributed by atoms with Crippen molar-refractivity contribution in [2.75, 3.05) is 14.2 Å². The minimum atomic E-state index is -0.770. The molecule has 0 aliphatic rings. The van der Waals surface area contributed by atoms with E-state index in [0.29, 0.717) is 6.54 Å². The predicted octanol–water partition coefficient (Wildman–Crippen LogP) is 1.06. The molecule has 100 valence electrons. The number of hydrogen-bond acceptors (Lipinski definition) is 4. The Balaban J connectivity index is 2.86. The lowest BCUT2D eigenvalue weighted by Crippen LogP contribution is -2.50. The molecule has 0 saturated carbocycles. The van der Waals surface area contributed by atoms with E-state index in [1.54, 1.807) is 28.1 Å². The lowest BCUT2D eigenvalue weighted by atomic mass is 10.0. The zero-order valence-electron chi connectivity index (χ0n) is 11.2. The molecule has 0 aliphatic carbocycles. The first-order chi connectivity index (χ1) is 8.40. The van der Waals surface area contributed by atoms with Crippen molar-refractivity contribution in [3.8, 4) is 11.5 Å². The fraction of sp³-hybridized carbons (Fsp3) is 0.462. The molecule has 3 N–H and O–H groups in total. The fourth-order valence-electron chi connectivity index (χ4n) is 1.42. The second-order valence-electron chi connectivity index (χ2n) is 4.52. The van der Waals surface area contributed by atoms with Crippen molar-refractivity contribution in [2.24, 2.45) is 5.73 Å². The second-order valence-corrected chi connectivity index (χ2v) is 4.52. The first-order valence-corrected chi connectivity index (χ1v) is 5.66. The van der Waals surface area contributed by atoms with Crippen molar-refractivity contribution in [2.45, 2.75) is 25.9 Å². The van der Waals surface area contributed by atoms with E-state index in [0.717, 1.165) is 17.1 Å². The molecule has 1 aromatic carbocycles. The maximum absolute atomic E-state index is 11.2. The standard InChI is InChI=1S/C13H20N2O3/c1-13(2,12(14)16)15-8-9-7-10(17-3)5-6-11(9)18-4/h5-7,15H,8H2,1-4H3,(H2,14,16). The fourth-order valence-corrected chi connectivity index (χ4v) is 1.42. The molecule has 1 rings (SSSR count). The zero-order valence-corrected chi connectivity index (χ0v) is 11.2. The SMILES string of the molecule is COc1ccc(OC)c(CNC(C)(C)C(N)=O)c1. The monoisotopic (exact) mass is 252 g/mol. The predicted molar refractivity (Wildman–Crippen MR) is 69.7 cm³/mol. The van der Waals surface area contributed by atoms with Gasteiger partial charge in [-0.25, -0.2) is 0 Å². The molecule has 0 saturated heterocycles. The van der Waals surface area contributed by atoms with Gasteiger partial charge in [-0.2, -0.15) is 0 Å². The van der Waals surface area contributed by atoms with Crippen LogP contribution in [0.25, 0.3) is 0 Å². The molecule has 1 aromatic rings. The number of carbonyl (C=O) groups excluding carboxylic acids is 1. The number of methoxy groups -OCH3 is 2. The van der Waals surface area contributed by atoms with E-state index in [2.05, 4.69) is 5.32 Å². The van der Waals surface area contributed by atoms with Crippen LogP contribution in [0, 0.1) is 0 Å². The van der Waals surface area contributed by atoms with Gasteiger partial charge in [0, 0.05) is 12.1 Å². The van der Waals surface area contributed by atoms with E-state index < -0.39 is 11.4 Å². The van der Waals surface area contributed by atoms with Crippen LogP contribution in [0.5, 0.6) is 11.5 Å². The van der Waals surface area contributed by atoms with Gasteiger partial charge in [-0.1, -0.05) is 0 Å². The van der Waals surface area contributed by atoms with Gasteiger partial charge in [0.05, 0.1) is 19.8 Å². The Morgan fingerprint density at radius 1 is 1.33 bits per heavy atom. The molecule has 0 radical (unpaired) electrons. The highest BCUT2D eigenvalue weighted by atomic mass is 16.5. The average Bonchev–Trinajstić information content (AvgIpc) is 2.35. The van der Waals surface area contributed by atoms with Crippen molar-refractivity contribution >= 4 is 5.91 Å². The van der Waals surface area contributed by atoms with Gasteiger partial charge in [-0.15, -0.1) is 0 Å². The summed E-state index contributed by atoms with van der Waals surface area (Å²) in [5.41, 5.74) is 5.44. The minimum absolute atomic E-state index is 0.399. The van der Waals surface area contributed by atoms with Gasteiger partial charge in [-0.3, -0.25) is 10.1 Å². The largest absolute Gasteiger partial charge is 0.497 e. The third kappa shape index (κ3) is 3.37. The van der Waals surface area contributed by atoms with Gasteiger partial charge in [0.2, 0.25) is 5.91 Å². The van der Waals surface area contributed by atoms with E-state index in [9.17, 15) is 4.79 Å². The Bertz CT molecular complexity index is 430. The van der Waals surface area contributed by atoms with Crippen LogP contribution in [0.1, 0.15) is 19.4 Å². The van der Waals surface area contributed by atoms with Crippen molar-refractivity contribution in [1.29, 1.82) is 0 Å². The number of benzene rings is 1. The summed E-state index contributed by atoms with van der Waals surface area (Å²) in [7, 11) is 3.21. The highest BCUT2D eigenvalue weighted by Crippen LogP contribution is 2.24. The summed E-state index contributed by atoms with van der Waals surface area (Å²) < 4.78 is 10.4. The Morgan fingerprint density at radius 3 is 2.50 bits per heavy atom. The molecule has 0 unspecified atom stereocenters. The summed E-state index contributed by atoms with van der Waals surface area (Å²) in [5, 5.41) is 3.09. The van der Waals surface area contributed by atoms with Crippen LogP contribution in [0.3, 0.4) is 0 Å². The van der Waals surface area contributed by atoms with E-state index in [4.69, 9.17) is 15.2 Å². The summed E-state index contributed by atoms with van der Waals surface area (Å²) in [5.74, 6) is 1.08. The second kappa shape index (κ2) is 5.73. The van der Waals surface area contributed by atoms with Gasteiger partial charge in [-0.05, 0) is 32.0 Å². The highest BCUT2D eigenvalue weighted by Gasteiger charge is 2.24. The van der Waals surface area contributed by atoms with Crippen LogP contribution in [-0.4, -0.2) is 25.7 Å². The van der Waals surface area contributed by atoms with Gasteiger partial charge < -0.3 is 15.2 Å². The molecule has 0 fully saturated rings. The van der Waals surface area contributed by atoms with Gasteiger partial charge in [0.1, 0.15) is 11.5 Å². The summed E-state index contributed by atoms with van der Waals surface area (Å²) in [6.07, 6.45) is 0. The maximum Gasteiger partial charge on any atom is 0.237 e. The Kier molecular flexibility index (Phi) is 4.55. The van der Waals surface area contributed by atoms with Gasteiger partial charge >= 0.3 is 0 Å². The Morgan fingerprint density at radius 2 is 2.00 bits per heavy atom. The minimum Gasteiger partial charge on any atom is -0.497 e. The summed E-state index contributed by atoms with van der Waals surface area (Å²) in [6.45, 7) is 3.94. The highest BCUT2D eigenvalue weighted by molar-refractivity contribution is 5.83. The van der Waals surface area contributed by atoms with Crippen molar-refractivity contribution < 1.29 is 14.3 Å². The average molecular weight is 252 g/mol. The summed E-state index contributed by atoms with van der Waals surface area (Å²) >= 11 is 0. The van der Waals surface area contributed by atoms with Crippen LogP contribution in [0.2, 0.25) is 0 Å². The molecule has 18 heavy (non-hydrogen) atoms. The van der Waals surface area contributed by atoms with E-state index in [1.807, 2.05) is 18.2 Å². The third-order valence-electron chi connectivity index (χ3n) is 2.82. The van der Waals surface area contributed by atoms with Crippen molar-refractivity contribution in [1.82, 2.24) is 5.32 Å². The molecule has 0 bridgehead atoms. The smallest absolute Gasteiger partial charge is 0.237 e. The molecule has 5 nitrogen and oxygen atoms in total. The lowest BCUT2D eigenvalue weighted by Gasteiger charge is -2.23. The van der Waals surface area contributed by atoms with E-state index in [-0.39, 0.29) is 0 Å². The quantitative estimate of drug-likeness (QED) is 0.794. The van der Waals surface area contributed by atoms with Crippen LogP contribution in [-0.2, 0) is 11.3 Å². The normalized spacial score (nSPS) is 11.1. The Labute approximate surface area is 107 Å². The third-order valence-corrected chi connectivity index (χ3v) is 2.82. The molecular formula is C13H20N2O3. The number of rotatable bonds is 6. The molecule has 0 heterocycles. The topological polar surface area (TPSA) is 73.6 Å². The van der Waals surface area contributed by atoms with Crippen LogP contribution in [0.4, 0.5) is 0 Å². The number of hydrogen-bond donors (Lipinski definition) is 2. The lowest BCUT2D eigenvalue weighted by molar-refractivity contribution is -0.123. The molecule has 5 heteroatoms. The van der Waals surface area contributed by atoms with Crippen LogP contribution in [0.15, 0.2) is 18.2 Å². The number of carbonyl (C=O) groups is 1. The number of primary amides is 1. The summed E-state index contributed by atoms with van der Waals surface area (Å²) in [4.78, 5) is 11.2. The first kappa shape index (κ1) is 14.3. The van der Waals surface area contributed by atoms with Crippen LogP contribution < -0.4 is 20.5 Å². The molecule has 0 atom stereocenters. The van der Waals surface area contributed by atoms with E-state index in [1.165, 1.54) is 0 Å². The molecule has 0 aromatic heterocycles. The first-order valence-electron chi connectivity index (χ1n) is 5.66. The summed E-state index contributed by atoms with van der Waals surface area (Å²) in [6, 6.07) is 5.51. The number of nitrogens with two attached hydrogens (primary N) is 1. The van der Waals surface area contributed by atoms with Gasteiger partial charge in [0.25, 0.3) is 0 Å². The Hall–Kier alpha value is -1.75. The molecule has 0 spiro atoms.